The second-order valence-electron chi connectivity index (χ2n) is 4.56. The topological polar surface area (TPSA) is 12.0 Å². The SMILES string of the molecule is CNC(CCC(C)C)C1CCC1. The molecule has 1 aliphatic rings. The fourth-order valence-electron chi connectivity index (χ4n) is 1.97. The molecule has 1 fully saturated rings. The van der Waals surface area contributed by atoms with Crippen LogP contribution in [-0.4, -0.2) is 13.1 Å². The van der Waals surface area contributed by atoms with Crippen molar-refractivity contribution in [2.24, 2.45) is 11.8 Å². The molecule has 0 spiro atoms. The van der Waals surface area contributed by atoms with Crippen LogP contribution in [0.25, 0.3) is 0 Å². The standard InChI is InChI=1S/C11H23N/c1-9(2)7-8-11(12-3)10-5-4-6-10/h9-12H,4-8H2,1-3H3. The van der Waals surface area contributed by atoms with Crippen LogP contribution in [0.15, 0.2) is 0 Å². The Hall–Kier alpha value is -0.0400. The van der Waals surface area contributed by atoms with Gasteiger partial charge in [0.2, 0.25) is 0 Å². The van der Waals surface area contributed by atoms with Gasteiger partial charge in [0.15, 0.2) is 0 Å². The molecule has 12 heavy (non-hydrogen) atoms. The van der Waals surface area contributed by atoms with Crippen LogP contribution >= 0.6 is 0 Å². The molecule has 1 rings (SSSR count). The van der Waals surface area contributed by atoms with Crippen LogP contribution in [-0.2, 0) is 0 Å². The molecule has 0 saturated heterocycles. The molecule has 1 N–H and O–H groups in total. The second-order valence-corrected chi connectivity index (χ2v) is 4.56. The molecule has 72 valence electrons. The first-order chi connectivity index (χ1) is 5.74. The molecule has 0 aromatic heterocycles. The van der Waals surface area contributed by atoms with Crippen molar-refractivity contribution in [3.8, 4) is 0 Å². The Labute approximate surface area is 76.9 Å². The maximum atomic E-state index is 3.46. The van der Waals surface area contributed by atoms with Gasteiger partial charge >= 0.3 is 0 Å². The molecule has 0 amide bonds. The first kappa shape index (κ1) is 10.0. The van der Waals surface area contributed by atoms with Gasteiger partial charge in [-0.05, 0) is 44.6 Å². The molecule has 0 aromatic carbocycles. The van der Waals surface area contributed by atoms with Gasteiger partial charge in [-0.25, -0.2) is 0 Å². The van der Waals surface area contributed by atoms with E-state index in [2.05, 4.69) is 26.2 Å². The van der Waals surface area contributed by atoms with Crippen LogP contribution in [0.2, 0.25) is 0 Å². The Morgan fingerprint density at radius 1 is 1.25 bits per heavy atom. The average Bonchev–Trinajstić information content (AvgIpc) is 1.93. The maximum Gasteiger partial charge on any atom is 0.00924 e. The Morgan fingerprint density at radius 2 is 1.92 bits per heavy atom. The summed E-state index contributed by atoms with van der Waals surface area (Å²) in [6.07, 6.45) is 7.14. The third kappa shape index (κ3) is 2.78. The van der Waals surface area contributed by atoms with Gasteiger partial charge in [0.1, 0.15) is 0 Å². The highest BCUT2D eigenvalue weighted by Gasteiger charge is 2.25. The molecule has 1 unspecified atom stereocenters. The van der Waals surface area contributed by atoms with E-state index >= 15 is 0 Å². The molecule has 1 aliphatic carbocycles. The summed E-state index contributed by atoms with van der Waals surface area (Å²) in [4.78, 5) is 0. The van der Waals surface area contributed by atoms with E-state index in [0.717, 1.165) is 17.9 Å². The zero-order valence-corrected chi connectivity index (χ0v) is 8.77. The first-order valence-corrected chi connectivity index (χ1v) is 5.41. The minimum Gasteiger partial charge on any atom is -0.317 e. The van der Waals surface area contributed by atoms with E-state index in [1.165, 1.54) is 32.1 Å². The van der Waals surface area contributed by atoms with E-state index in [1.807, 2.05) is 0 Å². The largest absolute Gasteiger partial charge is 0.317 e. The summed E-state index contributed by atoms with van der Waals surface area (Å²) in [5.74, 6) is 1.86. The smallest absolute Gasteiger partial charge is 0.00924 e. The van der Waals surface area contributed by atoms with Crippen LogP contribution in [0.4, 0.5) is 0 Å². The summed E-state index contributed by atoms with van der Waals surface area (Å²) >= 11 is 0. The van der Waals surface area contributed by atoms with Crippen molar-refractivity contribution in [3.05, 3.63) is 0 Å². The van der Waals surface area contributed by atoms with E-state index in [-0.39, 0.29) is 0 Å². The summed E-state index contributed by atoms with van der Waals surface area (Å²) in [5, 5.41) is 3.46. The predicted octanol–water partition coefficient (Wildman–Crippen LogP) is 2.81. The van der Waals surface area contributed by atoms with Gasteiger partial charge in [0.25, 0.3) is 0 Å². The van der Waals surface area contributed by atoms with Gasteiger partial charge in [0.05, 0.1) is 0 Å². The van der Waals surface area contributed by atoms with Crippen molar-refractivity contribution < 1.29 is 0 Å². The quantitative estimate of drug-likeness (QED) is 0.667. The Morgan fingerprint density at radius 3 is 2.25 bits per heavy atom. The molecule has 0 bridgehead atoms. The third-order valence-corrected chi connectivity index (χ3v) is 3.14. The van der Waals surface area contributed by atoms with Gasteiger partial charge in [-0.15, -0.1) is 0 Å². The number of nitrogens with one attached hydrogen (secondary N) is 1. The van der Waals surface area contributed by atoms with E-state index in [1.54, 1.807) is 0 Å². The van der Waals surface area contributed by atoms with Gasteiger partial charge in [-0.2, -0.15) is 0 Å². The summed E-state index contributed by atoms with van der Waals surface area (Å²) in [6.45, 7) is 4.63. The van der Waals surface area contributed by atoms with Crippen LogP contribution in [0.5, 0.6) is 0 Å². The van der Waals surface area contributed by atoms with Gasteiger partial charge in [0, 0.05) is 6.04 Å². The predicted molar refractivity (Wildman–Crippen MR) is 54.3 cm³/mol. The molecular formula is C11H23N. The minimum atomic E-state index is 0.807. The second kappa shape index (κ2) is 4.86. The Bertz CT molecular complexity index is 116. The lowest BCUT2D eigenvalue weighted by atomic mass is 9.77. The lowest BCUT2D eigenvalue weighted by Crippen LogP contribution is -2.37. The van der Waals surface area contributed by atoms with Crippen molar-refractivity contribution in [1.82, 2.24) is 5.32 Å². The number of hydrogen-bond donors (Lipinski definition) is 1. The lowest BCUT2D eigenvalue weighted by Gasteiger charge is -2.34. The highest BCUT2D eigenvalue weighted by Crippen LogP contribution is 2.31. The third-order valence-electron chi connectivity index (χ3n) is 3.14. The van der Waals surface area contributed by atoms with E-state index in [4.69, 9.17) is 0 Å². The minimum absolute atomic E-state index is 0.807. The molecule has 1 heteroatoms. The lowest BCUT2D eigenvalue weighted by molar-refractivity contribution is 0.220. The maximum absolute atomic E-state index is 3.46. The molecular weight excluding hydrogens is 146 g/mol. The molecule has 1 atom stereocenters. The highest BCUT2D eigenvalue weighted by atomic mass is 14.9. The Kier molecular flexibility index (Phi) is 4.07. The normalized spacial score (nSPS) is 21.0. The summed E-state index contributed by atoms with van der Waals surface area (Å²) in [6, 6.07) is 0.807. The zero-order valence-electron chi connectivity index (χ0n) is 8.77. The van der Waals surface area contributed by atoms with Crippen molar-refractivity contribution in [3.63, 3.8) is 0 Å². The monoisotopic (exact) mass is 169 g/mol. The molecule has 1 nitrogen and oxygen atoms in total. The van der Waals surface area contributed by atoms with Crippen LogP contribution < -0.4 is 5.32 Å². The Balaban J connectivity index is 2.15. The highest BCUT2D eigenvalue weighted by molar-refractivity contribution is 4.81. The van der Waals surface area contributed by atoms with Crippen molar-refractivity contribution in [2.45, 2.75) is 52.0 Å². The van der Waals surface area contributed by atoms with E-state index in [0.29, 0.717) is 0 Å². The van der Waals surface area contributed by atoms with Gasteiger partial charge < -0.3 is 5.32 Å². The average molecular weight is 169 g/mol. The fourth-order valence-corrected chi connectivity index (χ4v) is 1.97. The van der Waals surface area contributed by atoms with Gasteiger partial charge in [-0.3, -0.25) is 0 Å². The zero-order chi connectivity index (χ0) is 8.97. The van der Waals surface area contributed by atoms with E-state index in [9.17, 15) is 0 Å². The molecule has 0 radical (unpaired) electrons. The van der Waals surface area contributed by atoms with Crippen molar-refractivity contribution >= 4 is 0 Å². The molecule has 0 aromatic rings. The van der Waals surface area contributed by atoms with Crippen LogP contribution in [0.1, 0.15) is 46.0 Å². The van der Waals surface area contributed by atoms with Crippen LogP contribution in [0, 0.1) is 11.8 Å². The molecule has 0 heterocycles. The summed E-state index contributed by atoms with van der Waals surface area (Å²) in [7, 11) is 2.11. The molecule has 0 aliphatic heterocycles. The van der Waals surface area contributed by atoms with E-state index < -0.39 is 0 Å². The first-order valence-electron chi connectivity index (χ1n) is 5.41. The van der Waals surface area contributed by atoms with Crippen molar-refractivity contribution in [2.75, 3.05) is 7.05 Å². The number of hydrogen-bond acceptors (Lipinski definition) is 1. The fraction of sp³-hybridized carbons (Fsp3) is 1.00. The number of rotatable bonds is 5. The summed E-state index contributed by atoms with van der Waals surface area (Å²) in [5.41, 5.74) is 0. The molecule has 1 saturated carbocycles. The van der Waals surface area contributed by atoms with Crippen molar-refractivity contribution in [1.29, 1.82) is 0 Å². The van der Waals surface area contributed by atoms with Crippen LogP contribution in [0.3, 0.4) is 0 Å². The summed E-state index contributed by atoms with van der Waals surface area (Å²) < 4.78 is 0. The van der Waals surface area contributed by atoms with Gasteiger partial charge in [-0.1, -0.05) is 20.3 Å².